The van der Waals surface area contributed by atoms with Crippen molar-refractivity contribution in [3.8, 4) is 0 Å². The number of nitrogens with one attached hydrogen (secondary N) is 1. The molecule has 2 aliphatic rings. The van der Waals surface area contributed by atoms with Gasteiger partial charge in [-0.05, 0) is 56.0 Å². The molecule has 0 unspecified atom stereocenters. The van der Waals surface area contributed by atoms with Crippen LogP contribution in [0.3, 0.4) is 0 Å². The maximum Gasteiger partial charge on any atom is 0.167 e. The van der Waals surface area contributed by atoms with E-state index in [1.54, 1.807) is 0 Å². The van der Waals surface area contributed by atoms with Gasteiger partial charge in [0.05, 0.1) is 54.4 Å². The van der Waals surface area contributed by atoms with Gasteiger partial charge in [0.1, 0.15) is 0 Å². The Morgan fingerprint density at radius 1 is 1.27 bits per heavy atom. The number of aryl methyl sites for hydroxylation is 1. The van der Waals surface area contributed by atoms with Crippen LogP contribution in [0.4, 0.5) is 5.69 Å². The number of anilines is 1. The van der Waals surface area contributed by atoms with Crippen LogP contribution in [0.1, 0.15) is 41.3 Å². The molecule has 0 bridgehead atoms. The molecule has 1 saturated heterocycles. The highest BCUT2D eigenvalue weighted by molar-refractivity contribution is 6.31. The van der Waals surface area contributed by atoms with Crippen LogP contribution >= 0.6 is 11.6 Å². The highest BCUT2D eigenvalue weighted by Gasteiger charge is 2.26. The summed E-state index contributed by atoms with van der Waals surface area (Å²) in [7, 11) is 1.91. The Labute approximate surface area is 238 Å². The van der Waals surface area contributed by atoms with E-state index in [9.17, 15) is 4.79 Å². The number of aldehydes is 1. The Bertz CT molecular complexity index is 1520. The number of fused-ring (bicyclic) bond motifs is 2. The number of hydrazine groups is 1. The van der Waals surface area contributed by atoms with Crippen molar-refractivity contribution < 1.29 is 9.53 Å². The highest BCUT2D eigenvalue weighted by Crippen LogP contribution is 2.42. The second-order valence-corrected chi connectivity index (χ2v) is 10.6. The molecule has 4 aromatic heterocycles. The lowest BCUT2D eigenvalue weighted by Gasteiger charge is -2.29. The van der Waals surface area contributed by atoms with Crippen molar-refractivity contribution in [1.29, 1.82) is 0 Å². The number of nitrogens with zero attached hydrogens (tertiary/aromatic N) is 6. The first-order chi connectivity index (χ1) is 19.4. The lowest BCUT2D eigenvalue weighted by molar-refractivity contribution is -0.105. The first-order valence-corrected chi connectivity index (χ1v) is 13.8. The molecule has 2 fully saturated rings. The van der Waals surface area contributed by atoms with Crippen LogP contribution in [0.15, 0.2) is 48.9 Å². The zero-order valence-corrected chi connectivity index (χ0v) is 23.6. The van der Waals surface area contributed by atoms with E-state index < -0.39 is 0 Å². The maximum absolute atomic E-state index is 10.6. The number of allylic oxidation sites excluding steroid dienone is 1. The fourth-order valence-electron chi connectivity index (χ4n) is 4.96. The first-order valence-electron chi connectivity index (χ1n) is 13.4. The number of morpholine rings is 1. The molecule has 0 amide bonds. The molecular formula is C28H36ClN9O2. The van der Waals surface area contributed by atoms with E-state index in [0.717, 1.165) is 71.7 Å². The number of halogens is 1. The number of pyridine rings is 2. The van der Waals surface area contributed by atoms with Gasteiger partial charge in [-0.15, -0.1) is 0 Å². The van der Waals surface area contributed by atoms with E-state index in [1.807, 2.05) is 43.2 Å². The van der Waals surface area contributed by atoms with Crippen LogP contribution in [0.2, 0.25) is 5.02 Å². The summed E-state index contributed by atoms with van der Waals surface area (Å²) < 4.78 is 9.58. The smallest absolute Gasteiger partial charge is 0.167 e. The number of rotatable bonds is 8. The quantitative estimate of drug-likeness (QED) is 0.128. The molecule has 0 spiro atoms. The molecular weight excluding hydrogens is 530 g/mol. The molecule has 1 aliphatic carbocycles. The van der Waals surface area contributed by atoms with Crippen LogP contribution in [0.25, 0.3) is 11.2 Å². The minimum atomic E-state index is 0.0845. The Morgan fingerprint density at radius 3 is 2.75 bits per heavy atom. The van der Waals surface area contributed by atoms with Gasteiger partial charge in [-0.2, -0.15) is 0 Å². The van der Waals surface area contributed by atoms with Crippen molar-refractivity contribution in [2.45, 2.75) is 38.8 Å². The molecule has 212 valence electrons. The minimum Gasteiger partial charge on any atom is -0.395 e. The zero-order chi connectivity index (χ0) is 28.2. The molecule has 0 atom stereocenters. The summed E-state index contributed by atoms with van der Waals surface area (Å²) in [6.45, 7) is 6.36. The van der Waals surface area contributed by atoms with Gasteiger partial charge in [0.2, 0.25) is 0 Å². The topological polar surface area (TPSA) is 131 Å². The van der Waals surface area contributed by atoms with Gasteiger partial charge < -0.3 is 34.5 Å². The molecule has 4 aromatic rings. The first kappa shape index (κ1) is 27.9. The predicted octanol–water partition coefficient (Wildman–Crippen LogP) is 2.74. The summed E-state index contributed by atoms with van der Waals surface area (Å²) in [5, 5.41) is 5.25. The molecule has 40 heavy (non-hydrogen) atoms. The average Bonchev–Trinajstić information content (AvgIpc) is 3.61. The summed E-state index contributed by atoms with van der Waals surface area (Å²) in [5.41, 5.74) is 13.1. The zero-order valence-electron chi connectivity index (χ0n) is 22.9. The molecule has 5 N–H and O–H groups in total. The Hall–Kier alpha value is -3.64. The molecule has 0 radical (unpaired) electrons. The Morgan fingerprint density at radius 2 is 2.05 bits per heavy atom. The fourth-order valence-corrected chi connectivity index (χ4v) is 5.11. The lowest BCUT2D eigenvalue weighted by atomic mass is 10.1. The predicted molar refractivity (Wildman–Crippen MR) is 156 cm³/mol. The van der Waals surface area contributed by atoms with E-state index in [1.165, 1.54) is 29.6 Å². The number of aromatic nitrogens is 4. The van der Waals surface area contributed by atoms with Gasteiger partial charge in [-0.3, -0.25) is 4.79 Å². The third-order valence-corrected chi connectivity index (χ3v) is 7.52. The van der Waals surface area contributed by atoms with Crippen LogP contribution in [0, 0.1) is 6.92 Å². The standard InChI is InChI=1S/C18H24N6O2.C10H12ClN3/c19-15(12-25)9-24(20)11-16-10-23-8-14(13-1-2-13)7-17(18(23)21-16)22-3-5-26-6-4-22;1-7-8(11)3-4-14-6-13-9(5-12-2)10(7)14/h7-10,12-13H,1-6,11,19-20H2;3-4,6,12H,5H2,1-2H3/b15-9-;. The summed E-state index contributed by atoms with van der Waals surface area (Å²) >= 11 is 6.06. The number of hydrogen-bond acceptors (Lipinski definition) is 9. The maximum atomic E-state index is 10.6. The highest BCUT2D eigenvalue weighted by atomic mass is 35.5. The van der Waals surface area contributed by atoms with Gasteiger partial charge in [-0.1, -0.05) is 11.6 Å². The van der Waals surface area contributed by atoms with Crippen molar-refractivity contribution in [1.82, 2.24) is 29.1 Å². The molecule has 1 aliphatic heterocycles. The molecule has 12 heteroatoms. The van der Waals surface area contributed by atoms with Crippen LogP contribution in [-0.4, -0.2) is 63.4 Å². The van der Waals surface area contributed by atoms with Gasteiger partial charge in [0, 0.05) is 49.4 Å². The number of ether oxygens (including phenoxy) is 1. The van der Waals surface area contributed by atoms with Crippen molar-refractivity contribution in [3.63, 3.8) is 0 Å². The van der Waals surface area contributed by atoms with Gasteiger partial charge >= 0.3 is 0 Å². The van der Waals surface area contributed by atoms with E-state index >= 15 is 0 Å². The SMILES string of the molecule is CNCc1ncn2ccc(Cl)c(C)c12.N/C(C=O)=C\N(N)Cc1cn2cc(C3CC3)cc(N3CCOCC3)c2n1. The molecule has 5 heterocycles. The van der Waals surface area contributed by atoms with Gasteiger partial charge in [-0.25, -0.2) is 15.8 Å². The second kappa shape index (κ2) is 12.3. The van der Waals surface area contributed by atoms with E-state index in [2.05, 4.69) is 31.9 Å². The number of carbonyl (C=O) groups excluding carboxylic acids is 1. The van der Waals surface area contributed by atoms with Crippen LogP contribution < -0.4 is 21.8 Å². The molecule has 6 rings (SSSR count). The molecule has 0 aromatic carbocycles. The van der Waals surface area contributed by atoms with E-state index in [0.29, 0.717) is 18.7 Å². The number of hydrogen-bond donors (Lipinski definition) is 3. The summed E-state index contributed by atoms with van der Waals surface area (Å²) in [6, 6.07) is 4.16. The third kappa shape index (κ3) is 6.23. The van der Waals surface area contributed by atoms with Gasteiger partial charge in [0.15, 0.2) is 11.9 Å². The van der Waals surface area contributed by atoms with Crippen LogP contribution in [-0.2, 0) is 22.6 Å². The number of imidazole rings is 2. The summed E-state index contributed by atoms with van der Waals surface area (Å²) in [4.78, 5) is 22.1. The molecule has 1 saturated carbocycles. The average molecular weight is 566 g/mol. The van der Waals surface area contributed by atoms with Crippen molar-refractivity contribution in [2.75, 3.05) is 38.3 Å². The van der Waals surface area contributed by atoms with E-state index in [4.69, 9.17) is 32.9 Å². The third-order valence-electron chi connectivity index (χ3n) is 7.11. The summed E-state index contributed by atoms with van der Waals surface area (Å²) in [5.74, 6) is 6.57. The van der Waals surface area contributed by atoms with Crippen molar-refractivity contribution >= 4 is 34.7 Å². The normalized spacial score (nSPS) is 15.8. The minimum absolute atomic E-state index is 0.0845. The Balaban J connectivity index is 0.000000194. The second-order valence-electron chi connectivity index (χ2n) is 10.2. The monoisotopic (exact) mass is 565 g/mol. The number of carbonyl (C=O) groups is 1. The largest absolute Gasteiger partial charge is 0.395 e. The number of nitrogens with two attached hydrogens (primary N) is 2. The Kier molecular flexibility index (Phi) is 8.55. The van der Waals surface area contributed by atoms with E-state index in [-0.39, 0.29) is 5.70 Å². The fraction of sp³-hybridized carbons (Fsp3) is 0.393. The lowest BCUT2D eigenvalue weighted by Crippen LogP contribution is -2.36. The summed E-state index contributed by atoms with van der Waals surface area (Å²) in [6.07, 6.45) is 12.4. The van der Waals surface area contributed by atoms with Crippen LogP contribution in [0.5, 0.6) is 0 Å². The van der Waals surface area contributed by atoms with Crippen molar-refractivity contribution in [3.05, 3.63) is 76.5 Å². The van der Waals surface area contributed by atoms with Crippen molar-refractivity contribution in [2.24, 2.45) is 11.6 Å². The van der Waals surface area contributed by atoms with Gasteiger partial charge in [0.25, 0.3) is 0 Å². The molecule has 11 nitrogen and oxygen atoms in total.